The molecule has 1 amide bonds. The number of thioether (sulfide) groups is 1. The highest BCUT2D eigenvalue weighted by Crippen LogP contribution is 2.26. The highest BCUT2D eigenvalue weighted by atomic mass is 32.2. The second-order valence-electron chi connectivity index (χ2n) is 3.94. The summed E-state index contributed by atoms with van der Waals surface area (Å²) in [4.78, 5) is 16.3. The fourth-order valence-corrected chi connectivity index (χ4v) is 3.17. The monoisotopic (exact) mass is 294 g/mol. The molecule has 1 heterocycles. The summed E-state index contributed by atoms with van der Waals surface area (Å²) in [6.45, 7) is 3.66. The lowest BCUT2D eigenvalue weighted by molar-refractivity contribution is -0.115. The van der Waals surface area contributed by atoms with E-state index in [2.05, 4.69) is 14.7 Å². The van der Waals surface area contributed by atoms with Gasteiger partial charge in [0.25, 0.3) is 0 Å². The fraction of sp³-hybridized carbons (Fsp3) is 0.250. The minimum Gasteiger partial charge on any atom is -0.397 e. The molecule has 7 heteroatoms. The number of amides is 1. The van der Waals surface area contributed by atoms with Crippen LogP contribution in [-0.2, 0) is 4.79 Å². The predicted octanol–water partition coefficient (Wildman–Crippen LogP) is 2.55. The van der Waals surface area contributed by atoms with Crippen molar-refractivity contribution >= 4 is 40.6 Å². The van der Waals surface area contributed by atoms with E-state index in [9.17, 15) is 4.79 Å². The second-order valence-corrected chi connectivity index (χ2v) is 6.28. The Hall–Kier alpha value is -1.60. The van der Waals surface area contributed by atoms with E-state index in [0.717, 1.165) is 10.2 Å². The molecular formula is C12H14N4OS2. The first-order valence-corrected chi connectivity index (χ1v) is 7.34. The number of carbonyl (C=O) groups is 1. The molecule has 0 saturated carbocycles. The Morgan fingerprint density at radius 3 is 2.84 bits per heavy atom. The molecule has 2 aromatic rings. The minimum absolute atomic E-state index is 0.101. The SMILES string of the molecule is Cc1nsc(SC(C)C(=O)Nc2ccccc2N)n1. The molecule has 3 N–H and O–H groups in total. The van der Waals surface area contributed by atoms with Crippen molar-refractivity contribution in [2.45, 2.75) is 23.4 Å². The Bertz CT molecular complexity index is 585. The first-order valence-electron chi connectivity index (χ1n) is 5.68. The van der Waals surface area contributed by atoms with E-state index >= 15 is 0 Å². The first kappa shape index (κ1) is 13.8. The number of rotatable bonds is 4. The van der Waals surface area contributed by atoms with E-state index in [0.29, 0.717) is 11.4 Å². The van der Waals surface area contributed by atoms with Crippen molar-refractivity contribution in [3.63, 3.8) is 0 Å². The third kappa shape index (κ3) is 3.68. The Labute approximate surface area is 119 Å². The second kappa shape index (κ2) is 6.03. The average Bonchev–Trinajstić information content (AvgIpc) is 2.77. The molecule has 0 fully saturated rings. The van der Waals surface area contributed by atoms with Crippen LogP contribution in [0.15, 0.2) is 28.6 Å². The highest BCUT2D eigenvalue weighted by Gasteiger charge is 2.17. The van der Waals surface area contributed by atoms with Crippen molar-refractivity contribution in [2.24, 2.45) is 0 Å². The summed E-state index contributed by atoms with van der Waals surface area (Å²) in [5.74, 6) is 0.628. The largest absolute Gasteiger partial charge is 0.397 e. The first-order chi connectivity index (χ1) is 9.06. The van der Waals surface area contributed by atoms with Crippen LogP contribution in [-0.4, -0.2) is 20.5 Å². The van der Waals surface area contributed by atoms with Crippen molar-refractivity contribution < 1.29 is 4.79 Å². The van der Waals surface area contributed by atoms with E-state index in [4.69, 9.17) is 5.73 Å². The van der Waals surface area contributed by atoms with E-state index in [1.54, 1.807) is 12.1 Å². The van der Waals surface area contributed by atoms with Crippen LogP contribution < -0.4 is 11.1 Å². The van der Waals surface area contributed by atoms with Crippen LogP contribution in [0.2, 0.25) is 0 Å². The molecule has 0 saturated heterocycles. The maximum absolute atomic E-state index is 12.0. The summed E-state index contributed by atoms with van der Waals surface area (Å²) in [5.41, 5.74) is 6.97. The lowest BCUT2D eigenvalue weighted by Gasteiger charge is -2.11. The summed E-state index contributed by atoms with van der Waals surface area (Å²) < 4.78 is 4.88. The van der Waals surface area contributed by atoms with Gasteiger partial charge in [-0.05, 0) is 37.5 Å². The molecule has 0 aliphatic carbocycles. The van der Waals surface area contributed by atoms with Gasteiger partial charge >= 0.3 is 0 Å². The molecule has 0 bridgehead atoms. The van der Waals surface area contributed by atoms with Crippen molar-refractivity contribution in [1.29, 1.82) is 0 Å². The molecule has 0 radical (unpaired) electrons. The maximum atomic E-state index is 12.0. The molecule has 1 aromatic carbocycles. The van der Waals surface area contributed by atoms with Gasteiger partial charge in [0.15, 0.2) is 4.34 Å². The van der Waals surface area contributed by atoms with Gasteiger partial charge < -0.3 is 11.1 Å². The van der Waals surface area contributed by atoms with Gasteiger partial charge in [0.1, 0.15) is 5.82 Å². The Morgan fingerprint density at radius 1 is 1.47 bits per heavy atom. The van der Waals surface area contributed by atoms with Crippen LogP contribution >= 0.6 is 23.3 Å². The number of carbonyl (C=O) groups excluding carboxylic acids is 1. The number of nitrogens with two attached hydrogens (primary N) is 1. The van der Waals surface area contributed by atoms with Crippen LogP contribution in [0.5, 0.6) is 0 Å². The van der Waals surface area contributed by atoms with Crippen LogP contribution in [0.4, 0.5) is 11.4 Å². The van der Waals surface area contributed by atoms with Gasteiger partial charge in [0.05, 0.1) is 16.6 Å². The standard InChI is InChI=1S/C12H14N4OS2/c1-7(18-12-14-8(2)16-19-12)11(17)15-10-6-4-3-5-9(10)13/h3-7H,13H2,1-2H3,(H,15,17). The molecule has 19 heavy (non-hydrogen) atoms. The van der Waals surface area contributed by atoms with Gasteiger partial charge in [-0.25, -0.2) is 4.98 Å². The number of hydrogen-bond donors (Lipinski definition) is 2. The summed E-state index contributed by atoms with van der Waals surface area (Å²) in [6.07, 6.45) is 0. The van der Waals surface area contributed by atoms with Crippen LogP contribution in [0.1, 0.15) is 12.7 Å². The molecule has 0 aliphatic heterocycles. The van der Waals surface area contributed by atoms with Crippen molar-refractivity contribution in [1.82, 2.24) is 9.36 Å². The zero-order valence-corrected chi connectivity index (χ0v) is 12.2. The Kier molecular flexibility index (Phi) is 4.39. The molecule has 1 unspecified atom stereocenters. The molecule has 2 rings (SSSR count). The smallest absolute Gasteiger partial charge is 0.237 e. The summed E-state index contributed by atoms with van der Waals surface area (Å²) >= 11 is 2.69. The summed E-state index contributed by atoms with van der Waals surface area (Å²) in [5, 5.41) is 2.55. The van der Waals surface area contributed by atoms with E-state index < -0.39 is 0 Å². The number of nitrogens with zero attached hydrogens (tertiary/aromatic N) is 2. The molecule has 1 atom stereocenters. The van der Waals surface area contributed by atoms with E-state index in [1.165, 1.54) is 23.3 Å². The Balaban J connectivity index is 1.98. The van der Waals surface area contributed by atoms with Crippen molar-refractivity contribution in [3.8, 4) is 0 Å². The van der Waals surface area contributed by atoms with Gasteiger partial charge in [-0.2, -0.15) is 4.37 Å². The Morgan fingerprint density at radius 2 is 2.21 bits per heavy atom. The lowest BCUT2D eigenvalue weighted by atomic mass is 10.2. The molecule has 0 spiro atoms. The molecule has 0 aliphatic rings. The normalized spacial score (nSPS) is 12.1. The van der Waals surface area contributed by atoms with Crippen LogP contribution in [0, 0.1) is 6.92 Å². The zero-order valence-electron chi connectivity index (χ0n) is 10.6. The fourth-order valence-electron chi connectivity index (χ4n) is 1.38. The molecular weight excluding hydrogens is 280 g/mol. The zero-order chi connectivity index (χ0) is 13.8. The quantitative estimate of drug-likeness (QED) is 0.669. The van der Waals surface area contributed by atoms with Gasteiger partial charge in [-0.3, -0.25) is 4.79 Å². The summed E-state index contributed by atoms with van der Waals surface area (Å²) in [6, 6.07) is 7.19. The third-order valence-electron chi connectivity index (χ3n) is 2.37. The average molecular weight is 294 g/mol. The van der Waals surface area contributed by atoms with E-state index in [1.807, 2.05) is 26.0 Å². The third-order valence-corrected chi connectivity index (χ3v) is 4.35. The van der Waals surface area contributed by atoms with Gasteiger partial charge in [0, 0.05) is 0 Å². The number of nitrogens with one attached hydrogen (secondary N) is 1. The van der Waals surface area contributed by atoms with Crippen LogP contribution in [0.3, 0.4) is 0 Å². The van der Waals surface area contributed by atoms with Gasteiger partial charge in [0.2, 0.25) is 5.91 Å². The molecule has 100 valence electrons. The molecule has 1 aromatic heterocycles. The number of hydrogen-bond acceptors (Lipinski definition) is 6. The number of nitrogen functional groups attached to an aromatic ring is 1. The highest BCUT2D eigenvalue weighted by molar-refractivity contribution is 8.02. The van der Waals surface area contributed by atoms with E-state index in [-0.39, 0.29) is 11.2 Å². The number of anilines is 2. The maximum Gasteiger partial charge on any atom is 0.237 e. The minimum atomic E-state index is -0.257. The number of benzene rings is 1. The number of aryl methyl sites for hydroxylation is 1. The number of para-hydroxylation sites is 2. The molecule has 5 nitrogen and oxygen atoms in total. The number of aromatic nitrogens is 2. The van der Waals surface area contributed by atoms with Crippen LogP contribution in [0.25, 0.3) is 0 Å². The predicted molar refractivity (Wildman–Crippen MR) is 79.4 cm³/mol. The topological polar surface area (TPSA) is 80.9 Å². The van der Waals surface area contributed by atoms with Crippen molar-refractivity contribution in [3.05, 3.63) is 30.1 Å². The lowest BCUT2D eigenvalue weighted by Crippen LogP contribution is -2.22. The van der Waals surface area contributed by atoms with Gasteiger partial charge in [-0.15, -0.1) is 0 Å². The van der Waals surface area contributed by atoms with Crippen molar-refractivity contribution in [2.75, 3.05) is 11.1 Å². The van der Waals surface area contributed by atoms with Gasteiger partial charge in [-0.1, -0.05) is 23.9 Å². The summed E-state index contributed by atoms with van der Waals surface area (Å²) in [7, 11) is 0.